The number of benzene rings is 2. The molecule has 1 atom stereocenters. The maximum atomic E-state index is 12.9. The minimum Gasteiger partial charge on any atom is -0.507 e. The van der Waals surface area contributed by atoms with Crippen molar-refractivity contribution in [3.05, 3.63) is 95.6 Å². The Balaban J connectivity index is 1.72. The average Bonchev–Trinajstić information content (AvgIpc) is 3.37. The highest BCUT2D eigenvalue weighted by molar-refractivity contribution is 6.46. The van der Waals surface area contributed by atoms with E-state index in [4.69, 9.17) is 0 Å². The van der Waals surface area contributed by atoms with Gasteiger partial charge in [-0.25, -0.2) is 4.98 Å². The minimum absolute atomic E-state index is 0.137. The van der Waals surface area contributed by atoms with Gasteiger partial charge in [-0.1, -0.05) is 60.2 Å². The number of ketones is 1. The molecule has 152 valence electrons. The molecule has 0 radical (unpaired) electrons. The van der Waals surface area contributed by atoms with E-state index in [0.717, 1.165) is 11.1 Å². The van der Waals surface area contributed by atoms with Gasteiger partial charge in [-0.3, -0.25) is 9.59 Å². The second kappa shape index (κ2) is 8.37. The van der Waals surface area contributed by atoms with Crippen LogP contribution in [0.3, 0.4) is 0 Å². The largest absolute Gasteiger partial charge is 0.507 e. The Morgan fingerprint density at radius 1 is 1.03 bits per heavy atom. The van der Waals surface area contributed by atoms with Gasteiger partial charge >= 0.3 is 0 Å². The standard InChI is InChI=1S/C24H23N3O3/c1-17-8-10-18(11-9-17)21-20(22(28)19-6-3-2-4-7-19)23(29)24(30)27(21)14-5-13-26-15-12-25-16-26/h2-4,6-12,15-16,21,28H,5,13-14H2,1H3/b22-20-. The van der Waals surface area contributed by atoms with Crippen molar-refractivity contribution in [2.75, 3.05) is 6.54 Å². The van der Waals surface area contributed by atoms with E-state index in [1.807, 2.05) is 48.0 Å². The second-order valence-corrected chi connectivity index (χ2v) is 7.42. The van der Waals surface area contributed by atoms with Crippen LogP contribution in [0.15, 0.2) is 78.9 Å². The molecule has 2 heterocycles. The number of nitrogens with zero attached hydrogens (tertiary/aromatic N) is 3. The Bertz CT molecular complexity index is 1070. The van der Waals surface area contributed by atoms with Crippen LogP contribution < -0.4 is 0 Å². The van der Waals surface area contributed by atoms with Crippen LogP contribution in [0.5, 0.6) is 0 Å². The van der Waals surface area contributed by atoms with E-state index >= 15 is 0 Å². The molecule has 1 unspecified atom stereocenters. The molecule has 2 aromatic carbocycles. The van der Waals surface area contributed by atoms with Gasteiger partial charge in [-0.2, -0.15) is 0 Å². The monoisotopic (exact) mass is 401 g/mol. The third-order valence-electron chi connectivity index (χ3n) is 5.35. The van der Waals surface area contributed by atoms with E-state index in [0.29, 0.717) is 25.1 Å². The van der Waals surface area contributed by atoms with Crippen molar-refractivity contribution in [1.29, 1.82) is 0 Å². The highest BCUT2D eigenvalue weighted by atomic mass is 16.3. The quantitative estimate of drug-likeness (QED) is 0.388. The van der Waals surface area contributed by atoms with Crippen molar-refractivity contribution >= 4 is 17.4 Å². The van der Waals surface area contributed by atoms with Crippen LogP contribution in [0.1, 0.15) is 29.2 Å². The lowest BCUT2D eigenvalue weighted by Gasteiger charge is -2.25. The summed E-state index contributed by atoms with van der Waals surface area (Å²) in [6.07, 6.45) is 5.96. The maximum absolute atomic E-state index is 12.9. The number of aliphatic hydroxyl groups excluding tert-OH is 1. The van der Waals surface area contributed by atoms with Gasteiger partial charge in [0.05, 0.1) is 17.9 Å². The molecule has 1 amide bonds. The summed E-state index contributed by atoms with van der Waals surface area (Å²) in [7, 11) is 0. The first-order valence-corrected chi connectivity index (χ1v) is 9.92. The molecule has 4 rings (SSSR count). The van der Waals surface area contributed by atoms with Crippen LogP contribution in [-0.2, 0) is 16.1 Å². The van der Waals surface area contributed by atoms with E-state index in [1.165, 1.54) is 0 Å². The van der Waals surface area contributed by atoms with E-state index in [2.05, 4.69) is 4.98 Å². The Hall–Kier alpha value is -3.67. The van der Waals surface area contributed by atoms with Crippen LogP contribution in [0.2, 0.25) is 0 Å². The van der Waals surface area contributed by atoms with Crippen molar-refractivity contribution in [2.45, 2.75) is 25.9 Å². The Labute approximate surface area is 175 Å². The molecule has 1 aromatic heterocycles. The van der Waals surface area contributed by atoms with Crippen LogP contribution in [0, 0.1) is 6.92 Å². The fourth-order valence-electron chi connectivity index (χ4n) is 3.80. The number of likely N-dealkylation sites (tertiary alicyclic amines) is 1. The molecule has 0 saturated carbocycles. The summed E-state index contributed by atoms with van der Waals surface area (Å²) in [4.78, 5) is 31.5. The molecule has 6 nitrogen and oxygen atoms in total. The summed E-state index contributed by atoms with van der Waals surface area (Å²) < 4.78 is 1.93. The van der Waals surface area contributed by atoms with Crippen LogP contribution in [-0.4, -0.2) is 37.8 Å². The van der Waals surface area contributed by atoms with Crippen LogP contribution in [0.25, 0.3) is 5.76 Å². The minimum atomic E-state index is -0.649. The number of aliphatic hydroxyl groups is 1. The number of Topliss-reactive ketones (excluding diaryl/α,β-unsaturated/α-hetero) is 1. The van der Waals surface area contributed by atoms with Gasteiger partial charge in [0, 0.05) is 31.0 Å². The van der Waals surface area contributed by atoms with Gasteiger partial charge < -0.3 is 14.6 Å². The highest BCUT2D eigenvalue weighted by Crippen LogP contribution is 2.39. The summed E-state index contributed by atoms with van der Waals surface area (Å²) in [5.74, 6) is -1.37. The molecule has 6 heteroatoms. The molecule has 1 aliphatic rings. The number of carbonyl (C=O) groups is 2. The van der Waals surface area contributed by atoms with Gasteiger partial charge in [0.1, 0.15) is 5.76 Å². The number of hydrogen-bond donors (Lipinski definition) is 1. The average molecular weight is 401 g/mol. The predicted molar refractivity (Wildman–Crippen MR) is 113 cm³/mol. The van der Waals surface area contributed by atoms with Crippen LogP contribution >= 0.6 is 0 Å². The molecule has 0 aliphatic carbocycles. The molecule has 0 spiro atoms. The molecule has 1 N–H and O–H groups in total. The third kappa shape index (κ3) is 3.76. The Morgan fingerprint density at radius 2 is 1.77 bits per heavy atom. The summed E-state index contributed by atoms with van der Waals surface area (Å²) >= 11 is 0. The Morgan fingerprint density at radius 3 is 2.43 bits per heavy atom. The van der Waals surface area contributed by atoms with Crippen molar-refractivity contribution in [3.63, 3.8) is 0 Å². The van der Waals surface area contributed by atoms with E-state index in [9.17, 15) is 14.7 Å². The topological polar surface area (TPSA) is 75.4 Å². The molecule has 3 aromatic rings. The number of carbonyl (C=O) groups excluding carboxylic acids is 2. The zero-order valence-corrected chi connectivity index (χ0v) is 16.7. The fourth-order valence-corrected chi connectivity index (χ4v) is 3.80. The zero-order valence-electron chi connectivity index (χ0n) is 16.7. The lowest BCUT2D eigenvalue weighted by Crippen LogP contribution is -2.31. The van der Waals surface area contributed by atoms with Gasteiger partial charge in [-0.15, -0.1) is 0 Å². The van der Waals surface area contributed by atoms with E-state index < -0.39 is 17.7 Å². The molecule has 1 aliphatic heterocycles. The lowest BCUT2D eigenvalue weighted by atomic mass is 9.94. The number of rotatable bonds is 6. The SMILES string of the molecule is Cc1ccc(C2/C(=C(/O)c3ccccc3)C(=O)C(=O)N2CCCn2ccnc2)cc1. The maximum Gasteiger partial charge on any atom is 0.295 e. The van der Waals surface area contributed by atoms with Crippen molar-refractivity contribution in [2.24, 2.45) is 0 Å². The molecule has 30 heavy (non-hydrogen) atoms. The van der Waals surface area contributed by atoms with Gasteiger partial charge in [0.2, 0.25) is 0 Å². The zero-order chi connectivity index (χ0) is 21.1. The fraction of sp³-hybridized carbons (Fsp3) is 0.208. The van der Waals surface area contributed by atoms with E-state index in [1.54, 1.807) is 41.7 Å². The molecule has 0 bridgehead atoms. The van der Waals surface area contributed by atoms with Crippen molar-refractivity contribution < 1.29 is 14.7 Å². The second-order valence-electron chi connectivity index (χ2n) is 7.42. The molecular formula is C24H23N3O3. The summed E-state index contributed by atoms with van der Waals surface area (Å²) in [6.45, 7) is 3.06. The summed E-state index contributed by atoms with van der Waals surface area (Å²) in [5.41, 5.74) is 2.54. The van der Waals surface area contributed by atoms with E-state index in [-0.39, 0.29) is 11.3 Å². The first-order valence-electron chi connectivity index (χ1n) is 9.92. The third-order valence-corrected chi connectivity index (χ3v) is 5.35. The van der Waals surface area contributed by atoms with Crippen molar-refractivity contribution in [3.8, 4) is 0 Å². The number of aromatic nitrogens is 2. The smallest absolute Gasteiger partial charge is 0.295 e. The lowest BCUT2D eigenvalue weighted by molar-refractivity contribution is -0.139. The summed E-state index contributed by atoms with van der Waals surface area (Å²) in [6, 6.07) is 16.0. The number of imidazole rings is 1. The predicted octanol–water partition coefficient (Wildman–Crippen LogP) is 3.70. The number of hydrogen-bond acceptors (Lipinski definition) is 4. The first-order chi connectivity index (χ1) is 14.6. The summed E-state index contributed by atoms with van der Waals surface area (Å²) in [5, 5.41) is 11.0. The van der Waals surface area contributed by atoms with Crippen LogP contribution in [0.4, 0.5) is 0 Å². The molecular weight excluding hydrogens is 378 g/mol. The van der Waals surface area contributed by atoms with Crippen molar-refractivity contribution in [1.82, 2.24) is 14.5 Å². The Kier molecular flexibility index (Phi) is 5.48. The highest BCUT2D eigenvalue weighted by Gasteiger charge is 2.45. The van der Waals surface area contributed by atoms with Gasteiger partial charge in [0.25, 0.3) is 11.7 Å². The first kappa shape index (κ1) is 19.6. The molecule has 1 saturated heterocycles. The van der Waals surface area contributed by atoms with Gasteiger partial charge in [0.15, 0.2) is 0 Å². The normalized spacial score (nSPS) is 18.2. The number of amides is 1. The number of aryl methyl sites for hydroxylation is 2. The molecule has 1 fully saturated rings. The van der Waals surface area contributed by atoms with Gasteiger partial charge in [-0.05, 0) is 18.9 Å².